The number of ether oxygens (including phenoxy) is 2. The maximum Gasteiger partial charge on any atom is 0.264 e. The van der Waals surface area contributed by atoms with E-state index >= 15 is 0 Å². The zero-order chi connectivity index (χ0) is 25.5. The summed E-state index contributed by atoms with van der Waals surface area (Å²) in [4.78, 5) is 12.7. The summed E-state index contributed by atoms with van der Waals surface area (Å²) in [6.45, 7) is 2.60. The molecule has 36 heavy (non-hydrogen) atoms. The Bertz CT molecular complexity index is 1330. The standard InChI is InChI=1S/C26H27FN2O5S2/c1-19-5-2-3-6-20(19)18-35-14-11-28-26(30)17-29(22-8-4-7-21(27)15-22)36(31,32)23-9-10-24-25(16-23)34-13-12-33-24/h2-10,15-16H,11-14,17-18H2,1H3,(H,28,30). The highest BCUT2D eigenvalue weighted by molar-refractivity contribution is 7.98. The van der Waals surface area contributed by atoms with Crippen LogP contribution in [0.2, 0.25) is 0 Å². The minimum Gasteiger partial charge on any atom is -0.486 e. The van der Waals surface area contributed by atoms with Crippen LogP contribution in [-0.4, -0.2) is 46.4 Å². The zero-order valence-corrected chi connectivity index (χ0v) is 21.4. The third kappa shape index (κ3) is 6.30. The van der Waals surface area contributed by atoms with E-state index in [1.807, 2.05) is 12.1 Å². The molecule has 0 bridgehead atoms. The molecule has 7 nitrogen and oxygen atoms in total. The number of hydrogen-bond donors (Lipinski definition) is 1. The molecule has 1 aliphatic heterocycles. The van der Waals surface area contributed by atoms with Gasteiger partial charge in [0.1, 0.15) is 25.6 Å². The fourth-order valence-electron chi connectivity index (χ4n) is 3.66. The number of amides is 1. The lowest BCUT2D eigenvalue weighted by molar-refractivity contribution is -0.119. The number of carbonyl (C=O) groups excluding carboxylic acids is 1. The summed E-state index contributed by atoms with van der Waals surface area (Å²) in [6.07, 6.45) is 0. The molecular formula is C26H27FN2O5S2. The molecule has 1 aliphatic rings. The quantitative estimate of drug-likeness (QED) is 0.397. The van der Waals surface area contributed by atoms with Gasteiger partial charge in [0.15, 0.2) is 11.5 Å². The third-order valence-electron chi connectivity index (χ3n) is 5.57. The summed E-state index contributed by atoms with van der Waals surface area (Å²) < 4.78 is 53.0. The summed E-state index contributed by atoms with van der Waals surface area (Å²) >= 11 is 1.67. The number of benzene rings is 3. The predicted octanol–water partition coefficient (Wildman–Crippen LogP) is 4.15. The number of anilines is 1. The Balaban J connectivity index is 1.44. The summed E-state index contributed by atoms with van der Waals surface area (Å²) in [5.41, 5.74) is 2.50. The lowest BCUT2D eigenvalue weighted by Gasteiger charge is -2.25. The molecule has 0 spiro atoms. The topological polar surface area (TPSA) is 84.9 Å². The van der Waals surface area contributed by atoms with Crippen molar-refractivity contribution in [2.24, 2.45) is 0 Å². The van der Waals surface area contributed by atoms with Gasteiger partial charge in [-0.05, 0) is 48.4 Å². The predicted molar refractivity (Wildman–Crippen MR) is 139 cm³/mol. The lowest BCUT2D eigenvalue weighted by atomic mass is 10.1. The van der Waals surface area contributed by atoms with Crippen LogP contribution < -0.4 is 19.1 Å². The van der Waals surface area contributed by atoms with Crippen molar-refractivity contribution < 1.29 is 27.1 Å². The second-order valence-corrected chi connectivity index (χ2v) is 11.1. The number of carbonyl (C=O) groups is 1. The monoisotopic (exact) mass is 530 g/mol. The minimum atomic E-state index is -4.21. The van der Waals surface area contributed by atoms with E-state index in [4.69, 9.17) is 9.47 Å². The van der Waals surface area contributed by atoms with Gasteiger partial charge in [-0.15, -0.1) is 0 Å². The molecule has 190 valence electrons. The first-order chi connectivity index (χ1) is 17.3. The zero-order valence-electron chi connectivity index (χ0n) is 19.8. The van der Waals surface area contributed by atoms with Crippen LogP contribution in [-0.2, 0) is 20.6 Å². The first kappa shape index (κ1) is 25.8. The van der Waals surface area contributed by atoms with Gasteiger partial charge in [-0.25, -0.2) is 12.8 Å². The Morgan fingerprint density at radius 1 is 1.03 bits per heavy atom. The van der Waals surface area contributed by atoms with Crippen LogP contribution in [0.5, 0.6) is 11.5 Å². The van der Waals surface area contributed by atoms with Gasteiger partial charge in [0.25, 0.3) is 10.0 Å². The fourth-order valence-corrected chi connectivity index (χ4v) is 6.02. The van der Waals surface area contributed by atoms with Gasteiger partial charge in [-0.3, -0.25) is 9.10 Å². The van der Waals surface area contributed by atoms with Gasteiger partial charge in [0.05, 0.1) is 10.6 Å². The van der Waals surface area contributed by atoms with Crippen LogP contribution in [0.25, 0.3) is 0 Å². The molecule has 1 heterocycles. The molecule has 0 atom stereocenters. The molecule has 3 aromatic carbocycles. The average molecular weight is 531 g/mol. The highest BCUT2D eigenvalue weighted by atomic mass is 32.2. The fraction of sp³-hybridized carbons (Fsp3) is 0.269. The molecule has 0 saturated heterocycles. The number of hydrogen-bond acceptors (Lipinski definition) is 6. The van der Waals surface area contributed by atoms with E-state index in [2.05, 4.69) is 24.4 Å². The van der Waals surface area contributed by atoms with Crippen LogP contribution in [0, 0.1) is 12.7 Å². The molecular weight excluding hydrogens is 503 g/mol. The smallest absolute Gasteiger partial charge is 0.264 e. The highest BCUT2D eigenvalue weighted by Crippen LogP contribution is 2.34. The van der Waals surface area contributed by atoms with Gasteiger partial charge < -0.3 is 14.8 Å². The molecule has 1 amide bonds. The number of rotatable bonds is 10. The van der Waals surface area contributed by atoms with Crippen molar-refractivity contribution in [3.05, 3.63) is 83.7 Å². The molecule has 0 unspecified atom stereocenters. The number of fused-ring (bicyclic) bond motifs is 1. The number of halogens is 1. The van der Waals surface area contributed by atoms with Crippen LogP contribution in [0.3, 0.4) is 0 Å². The Hall–Kier alpha value is -3.24. The number of thioether (sulfide) groups is 1. The van der Waals surface area contributed by atoms with Crippen molar-refractivity contribution in [2.45, 2.75) is 17.6 Å². The Kier molecular flexibility index (Phi) is 8.37. The third-order valence-corrected chi connectivity index (χ3v) is 8.35. The second kappa shape index (κ2) is 11.7. The van der Waals surface area contributed by atoms with E-state index < -0.39 is 28.3 Å². The molecule has 4 rings (SSSR count). The molecule has 0 radical (unpaired) electrons. The average Bonchev–Trinajstić information content (AvgIpc) is 2.87. The van der Waals surface area contributed by atoms with Gasteiger partial charge in [-0.1, -0.05) is 30.3 Å². The molecule has 10 heteroatoms. The van der Waals surface area contributed by atoms with E-state index in [0.717, 1.165) is 16.1 Å². The summed E-state index contributed by atoms with van der Waals surface area (Å²) in [5.74, 6) is 1.13. The van der Waals surface area contributed by atoms with E-state index in [-0.39, 0.29) is 10.6 Å². The molecule has 3 aromatic rings. The molecule has 0 saturated carbocycles. The van der Waals surface area contributed by atoms with Crippen molar-refractivity contribution in [1.82, 2.24) is 5.32 Å². The molecule has 1 N–H and O–H groups in total. The maximum atomic E-state index is 14.0. The second-order valence-electron chi connectivity index (χ2n) is 8.13. The van der Waals surface area contributed by atoms with Crippen LogP contribution in [0.1, 0.15) is 11.1 Å². The van der Waals surface area contributed by atoms with E-state index in [9.17, 15) is 17.6 Å². The van der Waals surface area contributed by atoms with Crippen LogP contribution in [0.4, 0.5) is 10.1 Å². The first-order valence-corrected chi connectivity index (χ1v) is 14.0. The molecule has 0 aliphatic carbocycles. The van der Waals surface area contributed by atoms with E-state index in [1.165, 1.54) is 47.5 Å². The Labute approximate surface area is 214 Å². The molecule has 0 fully saturated rings. The van der Waals surface area contributed by atoms with Gasteiger partial charge >= 0.3 is 0 Å². The highest BCUT2D eigenvalue weighted by Gasteiger charge is 2.29. The van der Waals surface area contributed by atoms with Crippen molar-refractivity contribution in [3.63, 3.8) is 0 Å². The number of nitrogens with one attached hydrogen (secondary N) is 1. The van der Waals surface area contributed by atoms with Crippen molar-refractivity contribution in [1.29, 1.82) is 0 Å². The largest absolute Gasteiger partial charge is 0.486 e. The maximum absolute atomic E-state index is 14.0. The first-order valence-electron chi connectivity index (χ1n) is 11.4. The van der Waals surface area contributed by atoms with Crippen molar-refractivity contribution >= 4 is 33.4 Å². The normalized spacial score (nSPS) is 12.7. The lowest BCUT2D eigenvalue weighted by Crippen LogP contribution is -2.41. The number of aryl methyl sites for hydroxylation is 1. The minimum absolute atomic E-state index is 0.0500. The van der Waals surface area contributed by atoms with E-state index in [1.54, 1.807) is 11.8 Å². The van der Waals surface area contributed by atoms with Gasteiger partial charge in [-0.2, -0.15) is 11.8 Å². The molecule has 0 aromatic heterocycles. The van der Waals surface area contributed by atoms with Crippen LogP contribution >= 0.6 is 11.8 Å². The number of nitrogens with zero attached hydrogens (tertiary/aromatic N) is 1. The van der Waals surface area contributed by atoms with E-state index in [0.29, 0.717) is 37.0 Å². The van der Waals surface area contributed by atoms with Crippen molar-refractivity contribution in [3.8, 4) is 11.5 Å². The summed E-state index contributed by atoms with van der Waals surface area (Å²) in [5, 5.41) is 2.77. The Morgan fingerprint density at radius 3 is 2.58 bits per heavy atom. The Morgan fingerprint density at radius 2 is 1.81 bits per heavy atom. The van der Waals surface area contributed by atoms with Gasteiger partial charge in [0, 0.05) is 24.1 Å². The summed E-state index contributed by atoms with van der Waals surface area (Å²) in [6, 6.07) is 17.5. The SMILES string of the molecule is Cc1ccccc1CSCCNC(=O)CN(c1cccc(F)c1)S(=O)(=O)c1ccc2c(c1)OCCO2. The van der Waals surface area contributed by atoms with Crippen LogP contribution in [0.15, 0.2) is 71.6 Å². The van der Waals surface area contributed by atoms with Gasteiger partial charge in [0.2, 0.25) is 5.91 Å². The number of sulfonamides is 1. The summed E-state index contributed by atoms with van der Waals surface area (Å²) in [7, 11) is -4.21. The van der Waals surface area contributed by atoms with Crippen molar-refractivity contribution in [2.75, 3.05) is 36.4 Å².